The molecule has 0 aliphatic carbocycles. The second kappa shape index (κ2) is 9.72. The van der Waals surface area contributed by atoms with Crippen molar-refractivity contribution in [3.63, 3.8) is 0 Å². The van der Waals surface area contributed by atoms with Crippen molar-refractivity contribution in [3.8, 4) is 16.9 Å². The Hall–Kier alpha value is -3.23. The van der Waals surface area contributed by atoms with E-state index in [1.54, 1.807) is 55.5 Å². The number of carbonyl (C=O) groups is 2. The van der Waals surface area contributed by atoms with E-state index in [-0.39, 0.29) is 34.6 Å². The van der Waals surface area contributed by atoms with E-state index < -0.39 is 17.4 Å². The first-order chi connectivity index (χ1) is 15.9. The number of ether oxygens (including phenoxy) is 2. The Kier molecular flexibility index (Phi) is 6.76. The van der Waals surface area contributed by atoms with Crippen LogP contribution in [0, 0.1) is 0 Å². The molecule has 0 spiro atoms. The number of esters is 2. The second-order valence-electron chi connectivity index (χ2n) is 6.92. The molecular formula is C25H16Br2O6. The van der Waals surface area contributed by atoms with Crippen LogP contribution in [0.3, 0.4) is 0 Å². The van der Waals surface area contributed by atoms with E-state index in [0.29, 0.717) is 11.1 Å². The fraction of sp³-hybridized carbons (Fsp3) is 0.0800. The van der Waals surface area contributed by atoms with Crippen LogP contribution in [0.4, 0.5) is 0 Å². The zero-order valence-corrected chi connectivity index (χ0v) is 20.4. The largest absolute Gasteiger partial charge is 0.460 e. The molecule has 3 aromatic carbocycles. The Morgan fingerprint density at radius 2 is 1.52 bits per heavy atom. The topological polar surface area (TPSA) is 82.8 Å². The fourth-order valence-electron chi connectivity index (χ4n) is 3.21. The average molecular weight is 572 g/mol. The summed E-state index contributed by atoms with van der Waals surface area (Å²) in [4.78, 5) is 38.4. The molecule has 0 radical (unpaired) electrons. The van der Waals surface area contributed by atoms with Gasteiger partial charge in [-0.1, -0.05) is 44.0 Å². The van der Waals surface area contributed by atoms with Crippen LogP contribution < -0.4 is 10.2 Å². The summed E-state index contributed by atoms with van der Waals surface area (Å²) in [7, 11) is 0. The normalized spacial score (nSPS) is 10.8. The molecule has 6 nitrogen and oxygen atoms in total. The van der Waals surface area contributed by atoms with E-state index in [4.69, 9.17) is 13.9 Å². The number of benzene rings is 3. The maximum atomic E-state index is 13.3. The molecule has 0 atom stereocenters. The molecular weight excluding hydrogens is 556 g/mol. The van der Waals surface area contributed by atoms with E-state index in [1.165, 1.54) is 18.2 Å². The number of rotatable bonds is 5. The van der Waals surface area contributed by atoms with E-state index in [0.717, 1.165) is 8.95 Å². The van der Waals surface area contributed by atoms with Crippen LogP contribution in [0.15, 0.2) is 84.9 Å². The van der Waals surface area contributed by atoms with Crippen LogP contribution in [0.2, 0.25) is 0 Å². The van der Waals surface area contributed by atoms with Gasteiger partial charge in [-0.15, -0.1) is 0 Å². The Morgan fingerprint density at radius 3 is 2.15 bits per heavy atom. The van der Waals surface area contributed by atoms with Crippen molar-refractivity contribution in [1.82, 2.24) is 0 Å². The third kappa shape index (κ3) is 4.91. The van der Waals surface area contributed by atoms with Gasteiger partial charge in [-0.3, -0.25) is 4.79 Å². The minimum absolute atomic E-state index is 0.102. The highest BCUT2D eigenvalue weighted by molar-refractivity contribution is 9.10. The van der Waals surface area contributed by atoms with Gasteiger partial charge in [0.1, 0.15) is 11.3 Å². The molecule has 0 N–H and O–H groups in total. The van der Waals surface area contributed by atoms with Crippen molar-refractivity contribution in [3.05, 3.63) is 97.2 Å². The number of fused-ring (bicyclic) bond motifs is 1. The lowest BCUT2D eigenvalue weighted by Gasteiger charge is -2.11. The monoisotopic (exact) mass is 570 g/mol. The van der Waals surface area contributed by atoms with Gasteiger partial charge in [0.25, 0.3) is 0 Å². The third-order valence-electron chi connectivity index (χ3n) is 4.75. The summed E-state index contributed by atoms with van der Waals surface area (Å²) in [6, 6.07) is 18.1. The van der Waals surface area contributed by atoms with Crippen molar-refractivity contribution >= 4 is 54.8 Å². The van der Waals surface area contributed by atoms with E-state index in [2.05, 4.69) is 31.9 Å². The van der Waals surface area contributed by atoms with Crippen LogP contribution in [0.5, 0.6) is 5.75 Å². The first-order valence-electron chi connectivity index (χ1n) is 9.89. The van der Waals surface area contributed by atoms with Gasteiger partial charge in [-0.05, 0) is 61.0 Å². The lowest BCUT2D eigenvalue weighted by atomic mass is 10.0. The zero-order chi connectivity index (χ0) is 23.5. The molecule has 1 heterocycles. The minimum atomic E-state index is -0.758. The van der Waals surface area contributed by atoms with Crippen molar-refractivity contribution in [2.45, 2.75) is 6.92 Å². The van der Waals surface area contributed by atoms with E-state index in [9.17, 15) is 14.4 Å². The standard InChI is InChI=1S/C25H16Br2O6/c1-2-31-25(30)23-21(14-3-7-16(26)8-4-14)22(28)19-12-11-18(13-20(19)33-23)32-24(29)15-5-9-17(27)10-6-15/h3-13H,2H2,1H3. The number of hydrogen-bond donors (Lipinski definition) is 0. The van der Waals surface area contributed by atoms with Gasteiger partial charge >= 0.3 is 11.9 Å². The van der Waals surface area contributed by atoms with E-state index >= 15 is 0 Å². The average Bonchev–Trinajstić information content (AvgIpc) is 2.80. The van der Waals surface area contributed by atoms with Crippen LogP contribution in [0.1, 0.15) is 27.8 Å². The SMILES string of the molecule is CCOC(=O)c1oc2cc(OC(=O)c3ccc(Br)cc3)ccc2c(=O)c1-c1ccc(Br)cc1. The lowest BCUT2D eigenvalue weighted by molar-refractivity contribution is 0.0491. The van der Waals surface area contributed by atoms with Gasteiger partial charge in [0, 0.05) is 15.0 Å². The highest BCUT2D eigenvalue weighted by Crippen LogP contribution is 2.29. The lowest BCUT2D eigenvalue weighted by Crippen LogP contribution is -2.15. The molecule has 0 amide bonds. The van der Waals surface area contributed by atoms with Gasteiger partial charge in [-0.25, -0.2) is 9.59 Å². The molecule has 0 saturated heterocycles. The molecule has 8 heteroatoms. The number of carbonyl (C=O) groups excluding carboxylic acids is 2. The summed E-state index contributed by atoms with van der Waals surface area (Å²) in [5.41, 5.74) is 0.686. The quantitative estimate of drug-likeness (QED) is 0.204. The van der Waals surface area contributed by atoms with Crippen molar-refractivity contribution in [2.24, 2.45) is 0 Å². The molecule has 0 aliphatic rings. The predicted octanol–water partition coefficient (Wildman–Crippen LogP) is 6.38. The molecule has 0 bridgehead atoms. The first-order valence-corrected chi connectivity index (χ1v) is 11.5. The smallest absolute Gasteiger partial charge is 0.375 e. The van der Waals surface area contributed by atoms with Crippen LogP contribution >= 0.6 is 31.9 Å². The number of hydrogen-bond acceptors (Lipinski definition) is 6. The van der Waals surface area contributed by atoms with Gasteiger partial charge in [-0.2, -0.15) is 0 Å². The van der Waals surface area contributed by atoms with Crippen LogP contribution in [0.25, 0.3) is 22.1 Å². The molecule has 166 valence electrons. The zero-order valence-electron chi connectivity index (χ0n) is 17.3. The summed E-state index contributed by atoms with van der Waals surface area (Å²) in [5.74, 6) is -1.37. The molecule has 0 aliphatic heterocycles. The fourth-order valence-corrected chi connectivity index (χ4v) is 3.74. The molecule has 0 fully saturated rings. The van der Waals surface area contributed by atoms with Crippen molar-refractivity contribution < 1.29 is 23.5 Å². The Labute approximate surface area is 205 Å². The molecule has 33 heavy (non-hydrogen) atoms. The van der Waals surface area contributed by atoms with Crippen LogP contribution in [-0.2, 0) is 4.74 Å². The molecule has 4 aromatic rings. The third-order valence-corrected chi connectivity index (χ3v) is 5.81. The van der Waals surface area contributed by atoms with Crippen molar-refractivity contribution in [1.29, 1.82) is 0 Å². The molecule has 1 aromatic heterocycles. The van der Waals surface area contributed by atoms with Gasteiger partial charge in [0.05, 0.1) is 23.1 Å². The predicted molar refractivity (Wildman–Crippen MR) is 131 cm³/mol. The maximum absolute atomic E-state index is 13.3. The molecule has 0 unspecified atom stereocenters. The van der Waals surface area contributed by atoms with Crippen molar-refractivity contribution in [2.75, 3.05) is 6.61 Å². The summed E-state index contributed by atoms with van der Waals surface area (Å²) in [6.45, 7) is 1.78. The first kappa shape index (κ1) is 22.9. The van der Waals surface area contributed by atoms with Gasteiger partial charge in [0.2, 0.25) is 11.2 Å². The van der Waals surface area contributed by atoms with Crippen LogP contribution in [-0.4, -0.2) is 18.5 Å². The maximum Gasteiger partial charge on any atom is 0.375 e. The van der Waals surface area contributed by atoms with Gasteiger partial charge in [0.15, 0.2) is 0 Å². The summed E-state index contributed by atoms with van der Waals surface area (Å²) in [6.07, 6.45) is 0. The Bertz CT molecular complexity index is 1410. The van der Waals surface area contributed by atoms with Gasteiger partial charge < -0.3 is 13.9 Å². The summed E-state index contributed by atoms with van der Waals surface area (Å²) in [5, 5.41) is 0.240. The number of halogens is 2. The Morgan fingerprint density at radius 1 is 0.879 bits per heavy atom. The highest BCUT2D eigenvalue weighted by atomic mass is 79.9. The molecule has 0 saturated carbocycles. The second-order valence-corrected chi connectivity index (χ2v) is 8.75. The minimum Gasteiger partial charge on any atom is -0.460 e. The summed E-state index contributed by atoms with van der Waals surface area (Å²) >= 11 is 6.68. The highest BCUT2D eigenvalue weighted by Gasteiger charge is 2.23. The summed E-state index contributed by atoms with van der Waals surface area (Å²) < 4.78 is 18.0. The van der Waals surface area contributed by atoms with E-state index in [1.807, 2.05) is 0 Å². The molecule has 4 rings (SSSR count). The Balaban J connectivity index is 1.80.